The van der Waals surface area contributed by atoms with E-state index in [0.29, 0.717) is 6.42 Å². The number of anilines is 2. The fraction of sp³-hybridized carbons (Fsp3) is 0.500. The lowest BCUT2D eigenvalue weighted by Crippen LogP contribution is -2.34. The summed E-state index contributed by atoms with van der Waals surface area (Å²) in [5.41, 5.74) is -2.29. The van der Waals surface area contributed by atoms with E-state index in [2.05, 4.69) is 37.5 Å². The van der Waals surface area contributed by atoms with Crippen LogP contribution in [0.5, 0.6) is 0 Å². The van der Waals surface area contributed by atoms with Crippen LogP contribution in [0.3, 0.4) is 0 Å². The molecule has 2 aromatic rings. The van der Waals surface area contributed by atoms with E-state index >= 15 is 0 Å². The molecule has 0 radical (unpaired) electrons. The Morgan fingerprint density at radius 2 is 1.27 bits per heavy atom. The van der Waals surface area contributed by atoms with Gasteiger partial charge in [-0.1, -0.05) is 32.6 Å². The maximum absolute atomic E-state index is 11.4. The van der Waals surface area contributed by atoms with Gasteiger partial charge in [-0.05, 0) is 12.8 Å². The van der Waals surface area contributed by atoms with Crippen molar-refractivity contribution in [2.24, 2.45) is 0 Å². The largest absolute Gasteiger partial charge is 0.351 e. The van der Waals surface area contributed by atoms with Gasteiger partial charge in [0.2, 0.25) is 0 Å². The Balaban J connectivity index is 2.11. The highest BCUT2D eigenvalue weighted by Gasteiger charge is 2.11. The van der Waals surface area contributed by atoms with Crippen molar-refractivity contribution in [3.8, 4) is 0 Å². The number of aromatic nitrogens is 4. The van der Waals surface area contributed by atoms with Crippen LogP contribution in [0, 0.1) is 0 Å². The first kappa shape index (κ1) is 19.3. The van der Waals surface area contributed by atoms with E-state index in [-0.39, 0.29) is 11.6 Å². The van der Waals surface area contributed by atoms with Gasteiger partial charge >= 0.3 is 11.4 Å². The highest BCUT2D eigenvalue weighted by atomic mass is 16.2. The van der Waals surface area contributed by atoms with Crippen molar-refractivity contribution in [1.29, 1.82) is 0 Å². The summed E-state index contributed by atoms with van der Waals surface area (Å²) in [6.07, 6.45) is 5.61. The standard InChI is InChI=1S/C16H24N6O4/c1-2-3-4-5-6-7-10(17-11-8-13(23)21-15(25)19-11)18-12-9-14(24)22-16(26)20-12/h8-10H,2-7H2,1H3,(H3,17,19,21,23,25)(H3,18,20,22,24,26). The molecular formula is C16H24N6O4. The summed E-state index contributed by atoms with van der Waals surface area (Å²) in [5, 5.41) is 6.04. The molecule has 0 aliphatic rings. The van der Waals surface area contributed by atoms with Gasteiger partial charge in [0.05, 0.1) is 6.17 Å². The summed E-state index contributed by atoms with van der Waals surface area (Å²) in [4.78, 5) is 54.9. The van der Waals surface area contributed by atoms with E-state index in [1.807, 2.05) is 0 Å². The molecule has 0 spiro atoms. The van der Waals surface area contributed by atoms with Crippen molar-refractivity contribution < 1.29 is 0 Å². The molecule has 0 aliphatic carbocycles. The predicted octanol–water partition coefficient (Wildman–Crippen LogP) is 0.650. The van der Waals surface area contributed by atoms with E-state index in [1.165, 1.54) is 12.1 Å². The molecule has 0 bridgehead atoms. The molecule has 0 unspecified atom stereocenters. The zero-order chi connectivity index (χ0) is 18.9. The van der Waals surface area contributed by atoms with Crippen molar-refractivity contribution in [3.63, 3.8) is 0 Å². The molecule has 10 heteroatoms. The first-order chi connectivity index (χ1) is 12.5. The number of hydrogen-bond donors (Lipinski definition) is 6. The highest BCUT2D eigenvalue weighted by molar-refractivity contribution is 5.39. The second kappa shape index (κ2) is 9.44. The molecule has 0 fully saturated rings. The fourth-order valence-electron chi connectivity index (χ4n) is 2.60. The van der Waals surface area contributed by atoms with E-state index in [0.717, 1.165) is 32.1 Å². The van der Waals surface area contributed by atoms with Crippen molar-refractivity contribution in [1.82, 2.24) is 19.9 Å². The minimum atomic E-state index is -0.619. The molecule has 142 valence electrons. The molecule has 0 aliphatic heterocycles. The lowest BCUT2D eigenvalue weighted by Gasteiger charge is -2.21. The molecule has 2 aromatic heterocycles. The van der Waals surface area contributed by atoms with E-state index in [4.69, 9.17) is 0 Å². The number of unbranched alkanes of at least 4 members (excludes halogenated alkanes) is 4. The Bertz CT molecular complexity index is 799. The first-order valence-electron chi connectivity index (χ1n) is 8.66. The maximum Gasteiger partial charge on any atom is 0.327 e. The molecule has 26 heavy (non-hydrogen) atoms. The van der Waals surface area contributed by atoms with Gasteiger partial charge < -0.3 is 10.6 Å². The number of nitrogens with one attached hydrogen (secondary N) is 6. The fourth-order valence-corrected chi connectivity index (χ4v) is 2.60. The Hall–Kier alpha value is -3.04. The van der Waals surface area contributed by atoms with E-state index in [1.54, 1.807) is 0 Å². The third kappa shape index (κ3) is 6.46. The summed E-state index contributed by atoms with van der Waals surface area (Å²) in [6, 6.07) is 2.46. The molecule has 6 N–H and O–H groups in total. The van der Waals surface area contributed by atoms with Crippen LogP contribution in [-0.2, 0) is 0 Å². The average Bonchev–Trinajstić information content (AvgIpc) is 2.52. The molecule has 2 heterocycles. The number of hydrogen-bond acceptors (Lipinski definition) is 6. The molecule has 2 rings (SSSR count). The third-order valence-corrected chi connectivity index (χ3v) is 3.78. The molecule has 0 saturated heterocycles. The third-order valence-electron chi connectivity index (χ3n) is 3.78. The smallest absolute Gasteiger partial charge is 0.327 e. The van der Waals surface area contributed by atoms with Crippen LogP contribution in [-0.4, -0.2) is 26.1 Å². The Labute approximate surface area is 148 Å². The lowest BCUT2D eigenvalue weighted by molar-refractivity contribution is 0.581. The summed E-state index contributed by atoms with van der Waals surface area (Å²) >= 11 is 0. The van der Waals surface area contributed by atoms with E-state index < -0.39 is 28.7 Å². The van der Waals surface area contributed by atoms with Gasteiger partial charge in [0.1, 0.15) is 11.6 Å². The van der Waals surface area contributed by atoms with E-state index in [9.17, 15) is 19.2 Å². The van der Waals surface area contributed by atoms with Crippen molar-refractivity contribution in [3.05, 3.63) is 53.8 Å². The Kier molecular flexibility index (Phi) is 7.01. The lowest BCUT2D eigenvalue weighted by atomic mass is 10.1. The summed E-state index contributed by atoms with van der Waals surface area (Å²) in [6.45, 7) is 2.14. The second-order valence-corrected chi connectivity index (χ2v) is 6.05. The van der Waals surface area contributed by atoms with Gasteiger partial charge in [0.15, 0.2) is 0 Å². The van der Waals surface area contributed by atoms with Crippen LogP contribution in [0.25, 0.3) is 0 Å². The second-order valence-electron chi connectivity index (χ2n) is 6.05. The predicted molar refractivity (Wildman–Crippen MR) is 99.8 cm³/mol. The van der Waals surface area contributed by atoms with Gasteiger partial charge in [0.25, 0.3) is 11.1 Å². The molecule has 0 atom stereocenters. The molecule has 10 nitrogen and oxygen atoms in total. The van der Waals surface area contributed by atoms with Crippen LogP contribution in [0.1, 0.15) is 45.4 Å². The van der Waals surface area contributed by atoms with Crippen molar-refractivity contribution in [2.75, 3.05) is 10.6 Å². The van der Waals surface area contributed by atoms with Gasteiger partial charge in [-0.25, -0.2) is 9.59 Å². The SMILES string of the molecule is CCCCCCCC(Nc1cc(=O)[nH]c(=O)[nH]1)Nc1cc(=O)[nH]c(=O)[nH]1. The van der Waals surface area contributed by atoms with Gasteiger partial charge in [-0.2, -0.15) is 0 Å². The van der Waals surface area contributed by atoms with Crippen LogP contribution in [0.4, 0.5) is 11.6 Å². The maximum atomic E-state index is 11.4. The Morgan fingerprint density at radius 3 is 1.73 bits per heavy atom. The van der Waals surface area contributed by atoms with Gasteiger partial charge in [-0.3, -0.25) is 29.5 Å². The number of rotatable bonds is 10. The zero-order valence-electron chi connectivity index (χ0n) is 14.6. The topological polar surface area (TPSA) is 155 Å². The summed E-state index contributed by atoms with van der Waals surface area (Å²) in [7, 11) is 0. The molecule has 0 aromatic carbocycles. The normalized spacial score (nSPS) is 10.8. The van der Waals surface area contributed by atoms with Crippen LogP contribution in [0.15, 0.2) is 31.3 Å². The first-order valence-corrected chi connectivity index (χ1v) is 8.66. The van der Waals surface area contributed by atoms with Crippen LogP contribution >= 0.6 is 0 Å². The number of aromatic amines is 4. The minimum absolute atomic E-state index is 0.247. The number of H-pyrrole nitrogens is 4. The quantitative estimate of drug-likeness (QED) is 0.268. The Morgan fingerprint density at radius 1 is 0.769 bits per heavy atom. The van der Waals surface area contributed by atoms with Gasteiger partial charge in [0, 0.05) is 12.1 Å². The zero-order valence-corrected chi connectivity index (χ0v) is 14.6. The van der Waals surface area contributed by atoms with Crippen LogP contribution < -0.4 is 33.1 Å². The molecular weight excluding hydrogens is 340 g/mol. The van der Waals surface area contributed by atoms with Gasteiger partial charge in [-0.15, -0.1) is 0 Å². The molecule has 0 amide bonds. The monoisotopic (exact) mass is 364 g/mol. The highest BCUT2D eigenvalue weighted by Crippen LogP contribution is 2.11. The summed E-state index contributed by atoms with van der Waals surface area (Å²) in [5.74, 6) is 0.494. The average molecular weight is 364 g/mol. The van der Waals surface area contributed by atoms with Crippen molar-refractivity contribution in [2.45, 2.75) is 51.6 Å². The van der Waals surface area contributed by atoms with Crippen molar-refractivity contribution >= 4 is 11.6 Å². The van der Waals surface area contributed by atoms with Crippen LogP contribution in [0.2, 0.25) is 0 Å². The molecule has 0 saturated carbocycles. The summed E-state index contributed by atoms with van der Waals surface area (Å²) < 4.78 is 0. The minimum Gasteiger partial charge on any atom is -0.351 e.